The molecule has 2 aliphatic rings. The lowest BCUT2D eigenvalue weighted by atomic mass is 9.96. The Morgan fingerprint density at radius 3 is 2.40 bits per heavy atom. The van der Waals surface area contributed by atoms with Gasteiger partial charge in [-0.1, -0.05) is 30.3 Å². The van der Waals surface area contributed by atoms with Crippen LogP contribution in [0.15, 0.2) is 36.4 Å². The summed E-state index contributed by atoms with van der Waals surface area (Å²) in [6.45, 7) is 11.7. The van der Waals surface area contributed by atoms with Crippen molar-refractivity contribution in [1.82, 2.24) is 4.90 Å². The summed E-state index contributed by atoms with van der Waals surface area (Å²) < 4.78 is 19.0. The second-order valence-electron chi connectivity index (χ2n) is 8.88. The van der Waals surface area contributed by atoms with Crippen molar-refractivity contribution in [3.8, 4) is 11.1 Å². The maximum absolute atomic E-state index is 13.4. The van der Waals surface area contributed by atoms with Gasteiger partial charge in [0.1, 0.15) is 6.17 Å². The average molecular weight is 411 g/mol. The van der Waals surface area contributed by atoms with Gasteiger partial charge in [-0.2, -0.15) is 0 Å². The van der Waals surface area contributed by atoms with Crippen LogP contribution in [-0.2, 0) is 11.3 Å². The molecule has 2 saturated heterocycles. The fraction of sp³-hybridized carbons (Fsp3) is 0.538. The molecule has 1 atom stereocenters. The Morgan fingerprint density at radius 1 is 1.03 bits per heavy atom. The van der Waals surface area contributed by atoms with E-state index in [0.29, 0.717) is 19.0 Å². The van der Waals surface area contributed by atoms with Gasteiger partial charge in [0.2, 0.25) is 0 Å². The second kappa shape index (κ2) is 9.49. The van der Waals surface area contributed by atoms with Crippen LogP contribution >= 0.6 is 0 Å². The van der Waals surface area contributed by atoms with Gasteiger partial charge >= 0.3 is 0 Å². The summed E-state index contributed by atoms with van der Waals surface area (Å²) in [5.74, 6) is 0. The highest BCUT2D eigenvalue weighted by atomic mass is 19.1. The molecule has 0 bridgehead atoms. The van der Waals surface area contributed by atoms with Crippen molar-refractivity contribution in [3.05, 3.63) is 53.1 Å². The molecule has 3 nitrogen and oxygen atoms in total. The quantitative estimate of drug-likeness (QED) is 0.624. The van der Waals surface area contributed by atoms with Crippen LogP contribution in [0, 0.1) is 13.8 Å². The van der Waals surface area contributed by atoms with Gasteiger partial charge in [0.15, 0.2) is 0 Å². The first-order valence-electron chi connectivity index (χ1n) is 11.5. The highest BCUT2D eigenvalue weighted by Crippen LogP contribution is 2.33. The molecule has 0 spiro atoms. The number of alkyl halides is 1. The maximum Gasteiger partial charge on any atom is 0.114 e. The summed E-state index contributed by atoms with van der Waals surface area (Å²) in [5, 5.41) is 0. The Bertz CT molecular complexity index is 845. The van der Waals surface area contributed by atoms with Gasteiger partial charge in [-0.05, 0) is 73.9 Å². The van der Waals surface area contributed by atoms with E-state index in [1.54, 1.807) is 0 Å². The molecule has 162 valence electrons. The lowest BCUT2D eigenvalue weighted by molar-refractivity contribution is 0.0846. The molecular weight excluding hydrogens is 375 g/mol. The number of likely N-dealkylation sites (tertiary alicyclic amines) is 1. The number of anilines is 1. The van der Waals surface area contributed by atoms with E-state index in [9.17, 15) is 4.39 Å². The minimum atomic E-state index is -0.657. The number of aryl methyl sites for hydroxylation is 1. The number of hydrogen-bond donors (Lipinski definition) is 0. The van der Waals surface area contributed by atoms with E-state index < -0.39 is 6.17 Å². The van der Waals surface area contributed by atoms with Crippen LogP contribution in [0.25, 0.3) is 11.1 Å². The van der Waals surface area contributed by atoms with E-state index in [0.717, 1.165) is 45.7 Å². The number of halogens is 1. The first-order chi connectivity index (χ1) is 14.5. The Morgan fingerprint density at radius 2 is 1.77 bits per heavy atom. The normalized spacial score (nSPS) is 20.6. The third kappa shape index (κ3) is 4.70. The number of hydrogen-bond acceptors (Lipinski definition) is 3. The van der Waals surface area contributed by atoms with Crippen molar-refractivity contribution in [1.29, 1.82) is 0 Å². The van der Waals surface area contributed by atoms with Crippen LogP contribution in [-0.4, -0.2) is 50.0 Å². The van der Waals surface area contributed by atoms with Crippen LogP contribution in [0.2, 0.25) is 0 Å². The third-order valence-electron chi connectivity index (χ3n) is 6.83. The number of ether oxygens (including phenoxy) is 1. The van der Waals surface area contributed by atoms with Gasteiger partial charge in [-0.3, -0.25) is 4.90 Å². The van der Waals surface area contributed by atoms with Crippen molar-refractivity contribution in [2.24, 2.45) is 0 Å². The molecule has 30 heavy (non-hydrogen) atoms. The van der Waals surface area contributed by atoms with Gasteiger partial charge in [-0.15, -0.1) is 0 Å². The van der Waals surface area contributed by atoms with Crippen molar-refractivity contribution >= 4 is 5.69 Å². The van der Waals surface area contributed by atoms with E-state index in [1.807, 2.05) is 0 Å². The zero-order valence-electron chi connectivity index (χ0n) is 18.7. The molecule has 2 aliphatic heterocycles. The highest BCUT2D eigenvalue weighted by molar-refractivity contribution is 5.72. The molecule has 0 radical (unpaired) electrons. The molecule has 2 heterocycles. The van der Waals surface area contributed by atoms with Gasteiger partial charge in [0, 0.05) is 51.1 Å². The van der Waals surface area contributed by atoms with Crippen LogP contribution in [0.3, 0.4) is 0 Å². The second-order valence-corrected chi connectivity index (χ2v) is 8.88. The van der Waals surface area contributed by atoms with Crippen LogP contribution in [0.5, 0.6) is 0 Å². The monoisotopic (exact) mass is 410 g/mol. The van der Waals surface area contributed by atoms with Gasteiger partial charge in [0.05, 0.1) is 0 Å². The van der Waals surface area contributed by atoms with Crippen LogP contribution in [0.4, 0.5) is 10.1 Å². The van der Waals surface area contributed by atoms with E-state index in [-0.39, 0.29) is 0 Å². The first kappa shape index (κ1) is 21.3. The zero-order valence-corrected chi connectivity index (χ0v) is 18.7. The zero-order chi connectivity index (χ0) is 21.1. The molecule has 0 aliphatic carbocycles. The number of nitrogens with zero attached hydrogens (tertiary/aromatic N) is 2. The molecule has 0 unspecified atom stereocenters. The minimum absolute atomic E-state index is 0.555. The Labute approximate surface area is 180 Å². The molecule has 0 amide bonds. The van der Waals surface area contributed by atoms with Crippen LogP contribution < -0.4 is 4.90 Å². The average Bonchev–Trinajstić information content (AvgIpc) is 3.17. The largest absolute Gasteiger partial charge is 0.381 e. The molecule has 2 aromatic rings. The summed E-state index contributed by atoms with van der Waals surface area (Å²) in [4.78, 5) is 4.78. The lowest BCUT2D eigenvalue weighted by Crippen LogP contribution is -2.39. The fourth-order valence-corrected chi connectivity index (χ4v) is 4.92. The van der Waals surface area contributed by atoms with E-state index in [1.165, 1.54) is 33.5 Å². The third-order valence-corrected chi connectivity index (χ3v) is 6.83. The van der Waals surface area contributed by atoms with Gasteiger partial charge < -0.3 is 9.64 Å². The molecule has 2 fully saturated rings. The predicted molar refractivity (Wildman–Crippen MR) is 123 cm³/mol. The lowest BCUT2D eigenvalue weighted by Gasteiger charge is -2.37. The molecular formula is C26H35FN2O. The first-order valence-corrected chi connectivity index (χ1v) is 11.5. The SMILES string of the molecule is CCN(c1cc(-c2ccc(CN3CC[C@H](F)C3)cc2)cc(C)c1C)C1CCOCC1. The Kier molecular flexibility index (Phi) is 6.74. The maximum atomic E-state index is 13.4. The topological polar surface area (TPSA) is 15.7 Å². The summed E-state index contributed by atoms with van der Waals surface area (Å²) in [7, 11) is 0. The number of benzene rings is 2. The highest BCUT2D eigenvalue weighted by Gasteiger charge is 2.23. The summed E-state index contributed by atoms with van der Waals surface area (Å²) in [6.07, 6.45) is 2.21. The predicted octanol–water partition coefficient (Wildman–Crippen LogP) is 5.52. The molecule has 0 N–H and O–H groups in total. The smallest absolute Gasteiger partial charge is 0.114 e. The van der Waals surface area contributed by atoms with Crippen molar-refractivity contribution < 1.29 is 9.13 Å². The summed E-state index contributed by atoms with van der Waals surface area (Å²) in [6, 6.07) is 14.1. The molecule has 2 aromatic carbocycles. The Hall–Kier alpha value is -1.91. The number of rotatable bonds is 6. The molecule has 0 aromatic heterocycles. The van der Waals surface area contributed by atoms with Crippen LogP contribution in [0.1, 0.15) is 42.9 Å². The van der Waals surface area contributed by atoms with Gasteiger partial charge in [0.25, 0.3) is 0 Å². The molecule has 4 rings (SSSR count). The molecule has 4 heteroatoms. The minimum Gasteiger partial charge on any atom is -0.381 e. The van der Waals surface area contributed by atoms with E-state index in [2.05, 4.69) is 67.0 Å². The summed E-state index contributed by atoms with van der Waals surface area (Å²) >= 11 is 0. The van der Waals surface area contributed by atoms with Crippen molar-refractivity contribution in [3.63, 3.8) is 0 Å². The fourth-order valence-electron chi connectivity index (χ4n) is 4.92. The van der Waals surface area contributed by atoms with E-state index in [4.69, 9.17) is 4.74 Å². The molecule has 0 saturated carbocycles. The van der Waals surface area contributed by atoms with Gasteiger partial charge in [-0.25, -0.2) is 4.39 Å². The standard InChI is InChI=1S/C26H35FN2O/c1-4-29(25-10-13-30-14-11-25)26-16-23(15-19(2)20(26)3)22-7-5-21(6-8-22)17-28-12-9-24(27)18-28/h5-8,15-16,24-25H,4,9-14,17-18H2,1-3H3/t24-/m0/s1. The summed E-state index contributed by atoms with van der Waals surface area (Å²) in [5.41, 5.74) is 7.84. The van der Waals surface area contributed by atoms with Crippen molar-refractivity contribution in [2.75, 3.05) is 37.7 Å². The Balaban J connectivity index is 1.56. The van der Waals surface area contributed by atoms with Crippen molar-refractivity contribution in [2.45, 2.75) is 58.8 Å². The van der Waals surface area contributed by atoms with E-state index >= 15 is 0 Å².